The first kappa shape index (κ1) is 21.7. The maximum atomic E-state index is 14.4. The van der Waals surface area contributed by atoms with E-state index in [9.17, 15) is 31.9 Å². The van der Waals surface area contributed by atoms with Gasteiger partial charge < -0.3 is 14.7 Å². The van der Waals surface area contributed by atoms with Crippen molar-refractivity contribution in [1.82, 2.24) is 0 Å². The number of hydrogen-bond acceptors (Lipinski definition) is 4. The number of carbonyl (C=O) groups is 1. The number of rotatable bonds is 5. The third-order valence-electron chi connectivity index (χ3n) is 5.44. The van der Waals surface area contributed by atoms with Crippen LogP contribution in [0.3, 0.4) is 0 Å². The Morgan fingerprint density at radius 2 is 1.90 bits per heavy atom. The summed E-state index contributed by atoms with van der Waals surface area (Å²) in [5.74, 6) is -2.14. The highest BCUT2D eigenvalue weighted by Crippen LogP contribution is 2.50. The summed E-state index contributed by atoms with van der Waals surface area (Å²) >= 11 is 0.777. The summed E-state index contributed by atoms with van der Waals surface area (Å²) in [5, 5.41) is 9.27. The van der Waals surface area contributed by atoms with E-state index in [1.54, 1.807) is 0 Å². The van der Waals surface area contributed by atoms with Crippen LogP contribution in [-0.2, 0) is 11.0 Å². The van der Waals surface area contributed by atoms with Gasteiger partial charge in [-0.05, 0) is 49.2 Å². The molecule has 0 unspecified atom stereocenters. The zero-order chi connectivity index (χ0) is 22.4. The SMILES string of the molecule is O=C(O)C1(COc2cc3c(cc2C(F)(F)F)N(c2ccc(F)cc2)CC[C@@H](F)S3)CC1. The van der Waals surface area contributed by atoms with E-state index >= 15 is 0 Å². The second-order valence-electron chi connectivity index (χ2n) is 7.63. The largest absolute Gasteiger partial charge is 0.492 e. The zero-order valence-corrected chi connectivity index (χ0v) is 16.9. The number of benzene rings is 2. The van der Waals surface area contributed by atoms with E-state index in [4.69, 9.17) is 4.74 Å². The van der Waals surface area contributed by atoms with E-state index in [0.717, 1.165) is 23.9 Å². The minimum atomic E-state index is -4.77. The van der Waals surface area contributed by atoms with Crippen molar-refractivity contribution >= 4 is 29.1 Å². The molecule has 2 aromatic rings. The fourth-order valence-electron chi connectivity index (χ4n) is 3.42. The Balaban J connectivity index is 1.76. The van der Waals surface area contributed by atoms with E-state index in [0.29, 0.717) is 18.5 Å². The first-order valence-corrected chi connectivity index (χ1v) is 10.4. The molecule has 166 valence electrons. The molecule has 0 bridgehead atoms. The summed E-state index contributed by atoms with van der Waals surface area (Å²) in [6.45, 7) is -0.290. The number of halogens is 5. The first-order chi connectivity index (χ1) is 14.6. The zero-order valence-electron chi connectivity index (χ0n) is 16.1. The minimum Gasteiger partial charge on any atom is -0.492 e. The normalized spacial score (nSPS) is 20.0. The van der Waals surface area contributed by atoms with Gasteiger partial charge in [-0.2, -0.15) is 13.2 Å². The fourth-order valence-corrected chi connectivity index (χ4v) is 4.38. The molecule has 0 spiro atoms. The summed E-state index contributed by atoms with van der Waals surface area (Å²) in [6, 6.07) is 7.22. The number of anilines is 2. The van der Waals surface area contributed by atoms with Gasteiger partial charge in [-0.25, -0.2) is 8.78 Å². The first-order valence-electron chi connectivity index (χ1n) is 9.54. The van der Waals surface area contributed by atoms with E-state index in [1.807, 2.05) is 0 Å². The second kappa shape index (κ2) is 7.89. The lowest BCUT2D eigenvalue weighted by Gasteiger charge is -2.27. The molecule has 1 saturated carbocycles. The molecule has 0 radical (unpaired) electrons. The van der Waals surface area contributed by atoms with E-state index in [1.165, 1.54) is 29.2 Å². The Labute approximate surface area is 179 Å². The summed E-state index contributed by atoms with van der Waals surface area (Å²) in [5.41, 5.74) is -3.04. The molecule has 2 aliphatic rings. The van der Waals surface area contributed by atoms with Crippen LogP contribution < -0.4 is 9.64 Å². The summed E-state index contributed by atoms with van der Waals surface area (Å²) in [6.07, 6.45) is -4.07. The Morgan fingerprint density at radius 1 is 1.23 bits per heavy atom. The molecule has 0 saturated heterocycles. The Bertz CT molecular complexity index is 992. The lowest BCUT2D eigenvalue weighted by Crippen LogP contribution is -2.24. The molecule has 0 amide bonds. The molecule has 1 aliphatic carbocycles. The number of aliphatic carboxylic acids is 1. The average molecular weight is 459 g/mol. The van der Waals surface area contributed by atoms with Crippen LogP contribution in [0.4, 0.5) is 33.3 Å². The summed E-state index contributed by atoms with van der Waals surface area (Å²) < 4.78 is 74.5. The molecule has 1 N–H and O–H groups in total. The fraction of sp³-hybridized carbons (Fsp3) is 0.381. The lowest BCUT2D eigenvalue weighted by atomic mass is 10.1. The number of carboxylic acid groups (broad SMARTS) is 1. The molecule has 1 aliphatic heterocycles. The van der Waals surface area contributed by atoms with Crippen LogP contribution in [-0.4, -0.2) is 29.7 Å². The van der Waals surface area contributed by atoms with Gasteiger partial charge in [0.15, 0.2) is 5.50 Å². The predicted molar refractivity (Wildman–Crippen MR) is 105 cm³/mol. The van der Waals surface area contributed by atoms with Crippen molar-refractivity contribution < 1.29 is 36.6 Å². The van der Waals surface area contributed by atoms with E-state index < -0.39 is 46.8 Å². The highest BCUT2D eigenvalue weighted by molar-refractivity contribution is 8.00. The topological polar surface area (TPSA) is 49.8 Å². The number of carboxylic acids is 1. The van der Waals surface area contributed by atoms with Crippen molar-refractivity contribution in [3.05, 3.63) is 47.8 Å². The van der Waals surface area contributed by atoms with Gasteiger partial charge in [0.25, 0.3) is 0 Å². The van der Waals surface area contributed by atoms with Crippen molar-refractivity contribution in [3.8, 4) is 5.75 Å². The Kier molecular flexibility index (Phi) is 5.53. The van der Waals surface area contributed by atoms with Crippen molar-refractivity contribution in [1.29, 1.82) is 0 Å². The number of hydrogen-bond donors (Lipinski definition) is 1. The van der Waals surface area contributed by atoms with Gasteiger partial charge in [-0.1, -0.05) is 11.8 Å². The van der Waals surface area contributed by atoms with Gasteiger partial charge >= 0.3 is 12.1 Å². The molecular weight excluding hydrogens is 441 g/mol. The van der Waals surface area contributed by atoms with Gasteiger partial charge in [-0.15, -0.1) is 0 Å². The maximum Gasteiger partial charge on any atom is 0.420 e. The van der Waals surface area contributed by atoms with Gasteiger partial charge in [0.2, 0.25) is 0 Å². The number of nitrogens with zero attached hydrogens (tertiary/aromatic N) is 1. The van der Waals surface area contributed by atoms with Crippen LogP contribution in [0.5, 0.6) is 5.75 Å². The quantitative estimate of drug-likeness (QED) is 0.555. The monoisotopic (exact) mass is 459 g/mol. The van der Waals surface area contributed by atoms with Gasteiger partial charge in [0.1, 0.15) is 23.6 Å². The minimum absolute atomic E-state index is 0.0520. The van der Waals surface area contributed by atoms with Crippen LogP contribution in [0.15, 0.2) is 41.3 Å². The van der Waals surface area contributed by atoms with Crippen molar-refractivity contribution in [3.63, 3.8) is 0 Å². The smallest absolute Gasteiger partial charge is 0.420 e. The molecule has 1 fully saturated rings. The predicted octanol–water partition coefficient (Wildman–Crippen LogP) is 6.02. The van der Waals surface area contributed by atoms with Gasteiger partial charge in [0.05, 0.1) is 11.3 Å². The molecule has 10 heteroatoms. The molecule has 0 aromatic heterocycles. The summed E-state index contributed by atoms with van der Waals surface area (Å²) in [4.78, 5) is 13.1. The van der Waals surface area contributed by atoms with Gasteiger partial charge in [-0.3, -0.25) is 4.79 Å². The third-order valence-corrected chi connectivity index (χ3v) is 6.51. The van der Waals surface area contributed by atoms with E-state index in [-0.39, 0.29) is 23.5 Å². The number of thioether (sulfide) groups is 1. The van der Waals surface area contributed by atoms with Crippen LogP contribution in [0, 0.1) is 11.2 Å². The van der Waals surface area contributed by atoms with Crippen LogP contribution >= 0.6 is 11.8 Å². The Morgan fingerprint density at radius 3 is 2.48 bits per heavy atom. The third kappa shape index (κ3) is 4.44. The molecule has 4 rings (SSSR count). The maximum absolute atomic E-state index is 14.4. The number of alkyl halides is 4. The highest BCUT2D eigenvalue weighted by atomic mass is 32.2. The van der Waals surface area contributed by atoms with Crippen LogP contribution in [0.2, 0.25) is 0 Å². The summed E-state index contributed by atoms with van der Waals surface area (Å²) in [7, 11) is 0. The van der Waals surface area contributed by atoms with E-state index in [2.05, 4.69) is 0 Å². The standard InChI is InChI=1S/C21H18F5NO3S/c22-12-1-3-13(4-2-12)27-8-5-18(23)31-17-10-16(14(9-15(17)27)21(24,25)26)30-11-20(6-7-20)19(28)29/h1-4,9-10,18H,5-8,11H2,(H,28,29)/t18-/m0/s1. The van der Waals surface area contributed by atoms with Crippen LogP contribution in [0.1, 0.15) is 24.8 Å². The lowest BCUT2D eigenvalue weighted by molar-refractivity contribution is -0.144. The van der Waals surface area contributed by atoms with Crippen molar-refractivity contribution in [2.24, 2.45) is 5.41 Å². The molecule has 1 heterocycles. The Hall–Kier alpha value is -2.49. The number of ether oxygens (including phenoxy) is 1. The van der Waals surface area contributed by atoms with Crippen LogP contribution in [0.25, 0.3) is 0 Å². The molecular formula is C21H18F5NO3S. The molecule has 2 aromatic carbocycles. The average Bonchev–Trinajstić information content (AvgIpc) is 3.50. The van der Waals surface area contributed by atoms with Crippen molar-refractivity contribution in [2.45, 2.75) is 35.8 Å². The second-order valence-corrected chi connectivity index (χ2v) is 8.82. The molecule has 31 heavy (non-hydrogen) atoms. The highest BCUT2D eigenvalue weighted by Gasteiger charge is 2.51. The van der Waals surface area contributed by atoms with Gasteiger partial charge in [0, 0.05) is 23.5 Å². The number of fused-ring (bicyclic) bond motifs is 1. The molecule has 1 atom stereocenters. The molecule has 4 nitrogen and oxygen atoms in total. The van der Waals surface area contributed by atoms with Crippen molar-refractivity contribution in [2.75, 3.05) is 18.1 Å².